The summed E-state index contributed by atoms with van der Waals surface area (Å²) in [5.41, 5.74) is 0.792. The van der Waals surface area contributed by atoms with Gasteiger partial charge < -0.3 is 9.42 Å². The quantitative estimate of drug-likeness (QED) is 0.775. The smallest absolute Gasteiger partial charge is 0.281 e. The number of hydrogen-bond acceptors (Lipinski definition) is 4. The van der Waals surface area contributed by atoms with Gasteiger partial charge >= 0.3 is 0 Å². The number of amides is 1. The standard InChI is InChI=1S/C9H14N2O2S/c1-7(2)11(3)9(12)14-6-8-4-5-13-10-8/h4-5,7H,6H2,1-3H3. The maximum absolute atomic E-state index is 11.5. The van der Waals surface area contributed by atoms with Crippen LogP contribution in [0.1, 0.15) is 19.5 Å². The van der Waals surface area contributed by atoms with Gasteiger partial charge in [0.1, 0.15) is 6.26 Å². The van der Waals surface area contributed by atoms with E-state index in [1.165, 1.54) is 18.0 Å². The Balaban J connectivity index is 2.35. The molecule has 78 valence electrons. The number of carbonyl (C=O) groups is 1. The van der Waals surface area contributed by atoms with Crippen molar-refractivity contribution < 1.29 is 9.32 Å². The first-order valence-electron chi connectivity index (χ1n) is 4.40. The third kappa shape index (κ3) is 3.06. The van der Waals surface area contributed by atoms with Crippen molar-refractivity contribution in [2.24, 2.45) is 0 Å². The van der Waals surface area contributed by atoms with E-state index in [0.717, 1.165) is 5.69 Å². The number of hydrogen-bond donors (Lipinski definition) is 0. The van der Waals surface area contributed by atoms with Crippen LogP contribution in [0.3, 0.4) is 0 Å². The van der Waals surface area contributed by atoms with E-state index in [4.69, 9.17) is 0 Å². The lowest BCUT2D eigenvalue weighted by molar-refractivity contribution is 0.223. The molecule has 0 aliphatic rings. The molecule has 1 rings (SSSR count). The van der Waals surface area contributed by atoms with E-state index in [0.29, 0.717) is 5.75 Å². The van der Waals surface area contributed by atoms with Gasteiger partial charge in [0.2, 0.25) is 0 Å². The average molecular weight is 214 g/mol. The van der Waals surface area contributed by atoms with E-state index in [-0.39, 0.29) is 11.3 Å². The summed E-state index contributed by atoms with van der Waals surface area (Å²) >= 11 is 1.24. The highest BCUT2D eigenvalue weighted by Crippen LogP contribution is 2.15. The third-order valence-corrected chi connectivity index (χ3v) is 2.87. The normalized spacial score (nSPS) is 10.6. The molecule has 1 aromatic rings. The SMILES string of the molecule is CC(C)N(C)C(=O)SCc1ccon1. The van der Waals surface area contributed by atoms with Crippen molar-refractivity contribution in [1.82, 2.24) is 10.1 Å². The zero-order chi connectivity index (χ0) is 10.6. The van der Waals surface area contributed by atoms with Crippen LogP contribution >= 0.6 is 11.8 Å². The molecule has 0 saturated heterocycles. The second kappa shape index (κ2) is 5.05. The molecular formula is C9H14N2O2S. The number of carbonyl (C=O) groups excluding carboxylic acids is 1. The first-order valence-corrected chi connectivity index (χ1v) is 5.38. The largest absolute Gasteiger partial charge is 0.364 e. The number of rotatable bonds is 3. The fourth-order valence-corrected chi connectivity index (χ4v) is 1.60. The van der Waals surface area contributed by atoms with Gasteiger partial charge in [-0.2, -0.15) is 0 Å². The molecule has 0 aliphatic heterocycles. The first-order chi connectivity index (χ1) is 6.61. The van der Waals surface area contributed by atoms with Gasteiger partial charge in [-0.25, -0.2) is 0 Å². The highest BCUT2D eigenvalue weighted by atomic mass is 32.2. The zero-order valence-corrected chi connectivity index (χ0v) is 9.37. The molecule has 0 bridgehead atoms. The van der Waals surface area contributed by atoms with Crippen molar-refractivity contribution in [3.05, 3.63) is 18.0 Å². The summed E-state index contributed by atoms with van der Waals surface area (Å²) in [6, 6.07) is 1.99. The van der Waals surface area contributed by atoms with E-state index < -0.39 is 0 Å². The molecule has 1 heterocycles. The molecule has 0 N–H and O–H groups in total. The fraction of sp³-hybridized carbons (Fsp3) is 0.556. The van der Waals surface area contributed by atoms with Crippen LogP contribution in [0.2, 0.25) is 0 Å². The molecule has 5 heteroatoms. The van der Waals surface area contributed by atoms with Crippen LogP contribution in [-0.4, -0.2) is 28.4 Å². The lowest BCUT2D eigenvalue weighted by Gasteiger charge is -2.20. The molecule has 1 aromatic heterocycles. The summed E-state index contributed by atoms with van der Waals surface area (Å²) in [5.74, 6) is 0.562. The summed E-state index contributed by atoms with van der Waals surface area (Å²) in [6.07, 6.45) is 1.51. The van der Waals surface area contributed by atoms with Crippen LogP contribution in [0.4, 0.5) is 4.79 Å². The Hall–Kier alpha value is -0.970. The Morgan fingerprint density at radius 1 is 1.71 bits per heavy atom. The zero-order valence-electron chi connectivity index (χ0n) is 8.56. The predicted octanol–water partition coefficient (Wildman–Crippen LogP) is 2.37. The Bertz CT molecular complexity index is 285. The van der Waals surface area contributed by atoms with Crippen molar-refractivity contribution in [2.45, 2.75) is 25.6 Å². The van der Waals surface area contributed by atoms with Gasteiger partial charge in [-0.3, -0.25) is 4.79 Å². The van der Waals surface area contributed by atoms with Crippen LogP contribution in [0, 0.1) is 0 Å². The van der Waals surface area contributed by atoms with E-state index in [1.807, 2.05) is 13.8 Å². The van der Waals surface area contributed by atoms with Crippen LogP contribution < -0.4 is 0 Å². The average Bonchev–Trinajstić information content (AvgIpc) is 2.65. The van der Waals surface area contributed by atoms with Gasteiger partial charge in [0.05, 0.1) is 5.69 Å². The molecule has 1 amide bonds. The van der Waals surface area contributed by atoms with Crippen molar-refractivity contribution in [2.75, 3.05) is 7.05 Å². The van der Waals surface area contributed by atoms with Crippen LogP contribution in [-0.2, 0) is 5.75 Å². The fourth-order valence-electron chi connectivity index (χ4n) is 0.760. The predicted molar refractivity (Wildman–Crippen MR) is 56.1 cm³/mol. The summed E-state index contributed by atoms with van der Waals surface area (Å²) < 4.78 is 4.67. The van der Waals surface area contributed by atoms with Gasteiger partial charge in [-0.05, 0) is 13.8 Å². The Morgan fingerprint density at radius 3 is 2.93 bits per heavy atom. The summed E-state index contributed by atoms with van der Waals surface area (Å²) in [7, 11) is 1.79. The Kier molecular flexibility index (Phi) is 4.00. The molecule has 0 unspecified atom stereocenters. The van der Waals surface area contributed by atoms with Crippen LogP contribution in [0.15, 0.2) is 16.9 Å². The van der Waals surface area contributed by atoms with E-state index in [9.17, 15) is 4.79 Å². The summed E-state index contributed by atoms with van der Waals surface area (Å²) in [6.45, 7) is 3.96. The van der Waals surface area contributed by atoms with Gasteiger partial charge in [0.15, 0.2) is 0 Å². The number of thioether (sulfide) groups is 1. The number of nitrogens with zero attached hydrogens (tertiary/aromatic N) is 2. The molecule has 14 heavy (non-hydrogen) atoms. The monoisotopic (exact) mass is 214 g/mol. The molecule has 0 aliphatic carbocycles. The van der Waals surface area contributed by atoms with E-state index in [2.05, 4.69) is 9.68 Å². The molecule has 0 spiro atoms. The molecule has 0 fully saturated rings. The minimum absolute atomic E-state index is 0.0583. The van der Waals surface area contributed by atoms with E-state index >= 15 is 0 Å². The lowest BCUT2D eigenvalue weighted by atomic mass is 10.4. The third-order valence-electron chi connectivity index (χ3n) is 1.90. The van der Waals surface area contributed by atoms with Gasteiger partial charge in [-0.1, -0.05) is 16.9 Å². The molecule has 0 saturated carbocycles. The highest BCUT2D eigenvalue weighted by molar-refractivity contribution is 8.12. The Morgan fingerprint density at radius 2 is 2.43 bits per heavy atom. The minimum atomic E-state index is 0.0583. The second-order valence-electron chi connectivity index (χ2n) is 3.25. The first kappa shape index (κ1) is 11.1. The maximum Gasteiger partial charge on any atom is 0.281 e. The maximum atomic E-state index is 11.5. The van der Waals surface area contributed by atoms with Gasteiger partial charge in [0.25, 0.3) is 5.24 Å². The van der Waals surface area contributed by atoms with Crippen molar-refractivity contribution >= 4 is 17.0 Å². The summed E-state index contributed by atoms with van der Waals surface area (Å²) in [4.78, 5) is 13.2. The van der Waals surface area contributed by atoms with Crippen LogP contribution in [0.5, 0.6) is 0 Å². The van der Waals surface area contributed by atoms with Gasteiger partial charge in [0, 0.05) is 24.9 Å². The van der Waals surface area contributed by atoms with Crippen LogP contribution in [0.25, 0.3) is 0 Å². The molecule has 0 atom stereocenters. The summed E-state index contributed by atoms with van der Waals surface area (Å²) in [5, 5.41) is 3.78. The van der Waals surface area contributed by atoms with Crippen molar-refractivity contribution in [3.63, 3.8) is 0 Å². The topological polar surface area (TPSA) is 46.3 Å². The van der Waals surface area contributed by atoms with Gasteiger partial charge in [-0.15, -0.1) is 0 Å². The molecule has 0 aromatic carbocycles. The lowest BCUT2D eigenvalue weighted by Crippen LogP contribution is -2.29. The molecular weight excluding hydrogens is 200 g/mol. The molecule has 4 nitrogen and oxygen atoms in total. The van der Waals surface area contributed by atoms with E-state index in [1.54, 1.807) is 18.0 Å². The van der Waals surface area contributed by atoms with Crippen molar-refractivity contribution in [1.29, 1.82) is 0 Å². The number of aromatic nitrogens is 1. The highest BCUT2D eigenvalue weighted by Gasteiger charge is 2.12. The minimum Gasteiger partial charge on any atom is -0.364 e. The second-order valence-corrected chi connectivity index (χ2v) is 4.18. The molecule has 0 radical (unpaired) electrons. The Labute approximate surface area is 87.6 Å². The van der Waals surface area contributed by atoms with Crippen molar-refractivity contribution in [3.8, 4) is 0 Å².